The van der Waals surface area contributed by atoms with E-state index in [1.165, 1.54) is 6.33 Å². The number of hydrogen-bond donors (Lipinski definition) is 1. The second-order valence-electron chi connectivity index (χ2n) is 4.40. The van der Waals surface area contributed by atoms with Crippen LogP contribution in [0.4, 0.5) is 10.2 Å². The topological polar surface area (TPSA) is 50.7 Å². The van der Waals surface area contributed by atoms with E-state index in [-0.39, 0.29) is 17.6 Å². The lowest BCUT2D eigenvalue weighted by molar-refractivity contribution is 0.595. The van der Waals surface area contributed by atoms with Gasteiger partial charge in [0, 0.05) is 24.9 Å². The van der Waals surface area contributed by atoms with Crippen molar-refractivity contribution in [3.8, 4) is 0 Å². The van der Waals surface area contributed by atoms with Crippen LogP contribution in [0.15, 0.2) is 30.9 Å². The molecule has 0 amide bonds. The van der Waals surface area contributed by atoms with Crippen molar-refractivity contribution >= 4 is 5.82 Å². The Hall–Kier alpha value is -2.04. The number of aromatic nitrogens is 3. The molecule has 1 N–H and O–H groups in total. The first-order valence-electron chi connectivity index (χ1n) is 5.98. The Labute approximate surface area is 104 Å². The summed E-state index contributed by atoms with van der Waals surface area (Å²) in [6.45, 7) is 0.528. The molecule has 2 heterocycles. The third-order valence-corrected chi connectivity index (χ3v) is 2.99. The first kappa shape index (κ1) is 11.1. The highest BCUT2D eigenvalue weighted by atomic mass is 19.1. The molecule has 0 saturated heterocycles. The summed E-state index contributed by atoms with van der Waals surface area (Å²) in [6.07, 6.45) is 6.90. The minimum atomic E-state index is -0.311. The average Bonchev–Trinajstić information content (AvgIpc) is 3.23. The number of pyridine rings is 1. The van der Waals surface area contributed by atoms with Gasteiger partial charge in [0.15, 0.2) is 11.6 Å². The average molecular weight is 244 g/mol. The quantitative estimate of drug-likeness (QED) is 0.897. The van der Waals surface area contributed by atoms with Gasteiger partial charge in [0.1, 0.15) is 6.33 Å². The van der Waals surface area contributed by atoms with Crippen LogP contribution in [0.2, 0.25) is 0 Å². The number of rotatable bonds is 4. The molecule has 0 atom stereocenters. The van der Waals surface area contributed by atoms with E-state index in [2.05, 4.69) is 20.3 Å². The third kappa shape index (κ3) is 2.30. The van der Waals surface area contributed by atoms with Crippen molar-refractivity contribution in [3.05, 3.63) is 47.9 Å². The monoisotopic (exact) mass is 244 g/mol. The maximum absolute atomic E-state index is 14.1. The van der Waals surface area contributed by atoms with Gasteiger partial charge in [0.25, 0.3) is 0 Å². The van der Waals surface area contributed by atoms with Crippen LogP contribution in [0.5, 0.6) is 0 Å². The zero-order valence-electron chi connectivity index (χ0n) is 9.81. The van der Waals surface area contributed by atoms with Crippen molar-refractivity contribution < 1.29 is 4.39 Å². The Bertz CT molecular complexity index is 540. The summed E-state index contributed by atoms with van der Waals surface area (Å²) in [5, 5.41) is 3.00. The first-order valence-corrected chi connectivity index (χ1v) is 5.98. The standard InChI is InChI=1S/C13H13FN4/c14-11-12(10-1-2-10)17-8-18-13(11)16-7-9-3-5-15-6-4-9/h3-6,8,10H,1-2,7H2,(H,16,17,18). The van der Waals surface area contributed by atoms with Crippen LogP contribution in [0.3, 0.4) is 0 Å². The fraction of sp³-hybridized carbons (Fsp3) is 0.308. The number of halogens is 1. The van der Waals surface area contributed by atoms with Gasteiger partial charge in [-0.2, -0.15) is 0 Å². The summed E-state index contributed by atoms with van der Waals surface area (Å²) in [4.78, 5) is 11.9. The van der Waals surface area contributed by atoms with E-state index in [4.69, 9.17) is 0 Å². The summed E-state index contributed by atoms with van der Waals surface area (Å²) >= 11 is 0. The van der Waals surface area contributed by atoms with E-state index in [0.717, 1.165) is 18.4 Å². The number of hydrogen-bond acceptors (Lipinski definition) is 4. The number of nitrogens with zero attached hydrogens (tertiary/aromatic N) is 3. The highest BCUT2D eigenvalue weighted by Crippen LogP contribution is 2.40. The molecule has 4 nitrogen and oxygen atoms in total. The molecule has 3 rings (SSSR count). The summed E-state index contributed by atoms with van der Waals surface area (Å²) in [5.41, 5.74) is 1.58. The molecule has 1 fully saturated rings. The highest BCUT2D eigenvalue weighted by molar-refractivity contribution is 5.39. The molecule has 0 radical (unpaired) electrons. The summed E-state index contributed by atoms with van der Waals surface area (Å²) in [7, 11) is 0. The highest BCUT2D eigenvalue weighted by Gasteiger charge is 2.29. The van der Waals surface area contributed by atoms with Gasteiger partial charge in [-0.25, -0.2) is 14.4 Å². The lowest BCUT2D eigenvalue weighted by Crippen LogP contribution is -2.06. The van der Waals surface area contributed by atoms with Crippen molar-refractivity contribution in [2.45, 2.75) is 25.3 Å². The van der Waals surface area contributed by atoms with Gasteiger partial charge >= 0.3 is 0 Å². The molecule has 0 spiro atoms. The molecule has 0 unspecified atom stereocenters. The summed E-state index contributed by atoms with van der Waals surface area (Å²) in [5.74, 6) is 0.257. The molecule has 18 heavy (non-hydrogen) atoms. The molecule has 2 aromatic heterocycles. The van der Waals surface area contributed by atoms with E-state index in [0.29, 0.717) is 12.2 Å². The van der Waals surface area contributed by atoms with Crippen molar-refractivity contribution in [1.82, 2.24) is 15.0 Å². The van der Waals surface area contributed by atoms with E-state index >= 15 is 0 Å². The molecule has 1 aliphatic carbocycles. The Kier molecular flexibility index (Phi) is 2.88. The molecular formula is C13H13FN4. The van der Waals surface area contributed by atoms with Crippen LogP contribution < -0.4 is 5.32 Å². The van der Waals surface area contributed by atoms with Crippen molar-refractivity contribution in [1.29, 1.82) is 0 Å². The maximum Gasteiger partial charge on any atom is 0.187 e. The molecule has 2 aromatic rings. The van der Waals surface area contributed by atoms with Crippen molar-refractivity contribution in [3.63, 3.8) is 0 Å². The minimum Gasteiger partial charge on any atom is -0.363 e. The van der Waals surface area contributed by atoms with Crippen molar-refractivity contribution in [2.24, 2.45) is 0 Å². The van der Waals surface area contributed by atoms with Crippen LogP contribution in [0.25, 0.3) is 0 Å². The Balaban J connectivity index is 1.74. The van der Waals surface area contributed by atoms with Gasteiger partial charge < -0.3 is 5.32 Å². The Morgan fingerprint density at radius 2 is 2.00 bits per heavy atom. The summed E-state index contributed by atoms with van der Waals surface area (Å²) < 4.78 is 14.1. The van der Waals surface area contributed by atoms with Gasteiger partial charge in [0.2, 0.25) is 0 Å². The van der Waals surface area contributed by atoms with Gasteiger partial charge in [-0.05, 0) is 30.5 Å². The molecule has 5 heteroatoms. The van der Waals surface area contributed by atoms with Crippen LogP contribution in [-0.4, -0.2) is 15.0 Å². The molecule has 0 aromatic carbocycles. The summed E-state index contributed by atoms with van der Waals surface area (Å²) in [6, 6.07) is 3.77. The maximum atomic E-state index is 14.1. The van der Waals surface area contributed by atoms with Gasteiger partial charge in [0.05, 0.1) is 5.69 Å². The van der Waals surface area contributed by atoms with Gasteiger partial charge in [-0.15, -0.1) is 0 Å². The van der Waals surface area contributed by atoms with Crippen LogP contribution >= 0.6 is 0 Å². The lowest BCUT2D eigenvalue weighted by atomic mass is 10.2. The second kappa shape index (κ2) is 4.68. The van der Waals surface area contributed by atoms with E-state index in [9.17, 15) is 4.39 Å². The molecular weight excluding hydrogens is 231 g/mol. The smallest absolute Gasteiger partial charge is 0.187 e. The zero-order chi connectivity index (χ0) is 12.4. The molecule has 0 aliphatic heterocycles. The largest absolute Gasteiger partial charge is 0.363 e. The normalized spacial score (nSPS) is 14.5. The predicted octanol–water partition coefficient (Wildman–Crippen LogP) is 2.50. The minimum absolute atomic E-state index is 0.281. The molecule has 1 saturated carbocycles. The van der Waals surface area contributed by atoms with Crippen LogP contribution in [0.1, 0.15) is 30.0 Å². The van der Waals surface area contributed by atoms with E-state index in [1.807, 2.05) is 12.1 Å². The zero-order valence-corrected chi connectivity index (χ0v) is 9.81. The molecule has 0 bridgehead atoms. The van der Waals surface area contributed by atoms with Crippen molar-refractivity contribution in [2.75, 3.05) is 5.32 Å². The molecule has 92 valence electrons. The third-order valence-electron chi connectivity index (χ3n) is 2.99. The number of anilines is 1. The fourth-order valence-electron chi connectivity index (χ4n) is 1.83. The van der Waals surface area contributed by atoms with E-state index in [1.54, 1.807) is 12.4 Å². The lowest BCUT2D eigenvalue weighted by Gasteiger charge is -2.08. The first-order chi connectivity index (χ1) is 8.84. The van der Waals surface area contributed by atoms with Crippen LogP contribution in [0, 0.1) is 5.82 Å². The van der Waals surface area contributed by atoms with Crippen LogP contribution in [-0.2, 0) is 6.54 Å². The Morgan fingerprint density at radius 3 is 2.72 bits per heavy atom. The molecule has 1 aliphatic rings. The van der Waals surface area contributed by atoms with E-state index < -0.39 is 0 Å². The van der Waals surface area contributed by atoms with Gasteiger partial charge in [-0.1, -0.05) is 0 Å². The van der Waals surface area contributed by atoms with Gasteiger partial charge in [-0.3, -0.25) is 4.98 Å². The number of nitrogens with one attached hydrogen (secondary N) is 1. The predicted molar refractivity (Wildman–Crippen MR) is 65.5 cm³/mol. The second-order valence-corrected chi connectivity index (χ2v) is 4.40. The fourth-order valence-corrected chi connectivity index (χ4v) is 1.83. The Morgan fingerprint density at radius 1 is 1.22 bits per heavy atom. The SMILES string of the molecule is Fc1c(NCc2ccncc2)ncnc1C1CC1.